The molecule has 0 aliphatic rings. The number of phenols is 1. The minimum atomic E-state index is -0.609. The Kier molecular flexibility index (Phi) is 3.48. The summed E-state index contributed by atoms with van der Waals surface area (Å²) >= 11 is 0. The summed E-state index contributed by atoms with van der Waals surface area (Å²) in [5.74, 6) is 0.841. The third kappa shape index (κ3) is 3.25. The van der Waals surface area contributed by atoms with Gasteiger partial charge in [0, 0.05) is 0 Å². The first kappa shape index (κ1) is 12.0. The van der Waals surface area contributed by atoms with Crippen molar-refractivity contribution in [2.24, 2.45) is 0 Å². The number of hydrogen-bond donors (Lipinski definition) is 1. The van der Waals surface area contributed by atoms with E-state index in [1.54, 1.807) is 48.5 Å². The van der Waals surface area contributed by atoms with Crippen molar-refractivity contribution in [2.75, 3.05) is 0 Å². The molecule has 0 fully saturated rings. The van der Waals surface area contributed by atoms with Crippen LogP contribution in [0.2, 0.25) is 0 Å². The Hall–Kier alpha value is -2.49. The van der Waals surface area contributed by atoms with Crippen LogP contribution in [0.3, 0.4) is 0 Å². The first-order valence-corrected chi connectivity index (χ1v) is 5.44. The number of nitrogens with one attached hydrogen (secondary N) is 1. The molecule has 0 aromatic heterocycles. The molecular weight excluding hydrogens is 230 g/mol. The van der Waals surface area contributed by atoms with Gasteiger partial charge < -0.3 is 9.84 Å². The van der Waals surface area contributed by atoms with E-state index in [0.717, 1.165) is 5.56 Å². The quantitative estimate of drug-likeness (QED) is 0.895. The molecule has 0 aliphatic carbocycles. The Morgan fingerprint density at radius 2 is 1.50 bits per heavy atom. The fraction of sp³-hybridized carbons (Fsp3) is 0.0714. The van der Waals surface area contributed by atoms with Crippen molar-refractivity contribution < 1.29 is 14.6 Å². The molecule has 0 aliphatic heterocycles. The van der Waals surface area contributed by atoms with Gasteiger partial charge in [-0.1, -0.05) is 12.1 Å². The highest BCUT2D eigenvalue weighted by molar-refractivity contribution is 5.75. The Balaban J connectivity index is 2.06. The first-order valence-electron chi connectivity index (χ1n) is 5.44. The fourth-order valence-corrected chi connectivity index (χ4v) is 1.51. The van der Waals surface area contributed by atoms with E-state index in [1.165, 1.54) is 0 Å². The van der Waals surface area contributed by atoms with Crippen molar-refractivity contribution in [1.29, 1.82) is 0 Å². The zero-order valence-corrected chi connectivity index (χ0v) is 9.59. The summed E-state index contributed by atoms with van der Waals surface area (Å²) in [6.45, 7) is 0. The van der Waals surface area contributed by atoms with Gasteiger partial charge in [-0.15, -0.1) is 0 Å². The van der Waals surface area contributed by atoms with Crippen LogP contribution in [-0.2, 0) is 11.2 Å². The van der Waals surface area contributed by atoms with E-state index in [4.69, 9.17) is 15.6 Å². The molecule has 2 aromatic rings. The zero-order valence-electron chi connectivity index (χ0n) is 9.59. The van der Waals surface area contributed by atoms with Gasteiger partial charge in [0.15, 0.2) is 0 Å². The van der Waals surface area contributed by atoms with Crippen LogP contribution >= 0.6 is 0 Å². The second kappa shape index (κ2) is 5.23. The van der Waals surface area contributed by atoms with Gasteiger partial charge >= 0.3 is 0 Å². The van der Waals surface area contributed by atoms with E-state index >= 15 is 0 Å². The maximum absolute atomic E-state index is 10.6. The number of amides is 1. The maximum Gasteiger partial charge on any atom is 0.242 e. The molecule has 2 aromatic carbocycles. The van der Waals surface area contributed by atoms with Gasteiger partial charge in [0.1, 0.15) is 17.2 Å². The van der Waals surface area contributed by atoms with Crippen LogP contribution in [0.5, 0.6) is 17.2 Å². The van der Waals surface area contributed by atoms with Crippen LogP contribution in [0.25, 0.3) is 0 Å². The molecular formula is C14H12NO3. The number of rotatable bonds is 4. The molecule has 0 atom stereocenters. The minimum absolute atomic E-state index is 0.111. The molecule has 4 nitrogen and oxygen atoms in total. The van der Waals surface area contributed by atoms with E-state index in [9.17, 15) is 4.79 Å². The van der Waals surface area contributed by atoms with Crippen LogP contribution in [0, 0.1) is 0 Å². The standard InChI is InChI=1S/C14H12NO3/c15-14(17)9-10-1-5-12(6-2-10)18-13-7-3-11(16)4-8-13/h1-8,15-16H,9H2. The van der Waals surface area contributed by atoms with Crippen molar-refractivity contribution >= 4 is 5.91 Å². The molecule has 91 valence electrons. The first-order chi connectivity index (χ1) is 8.63. The normalized spacial score (nSPS) is 10.0. The molecule has 2 N–H and O–H groups in total. The summed E-state index contributed by atoms with van der Waals surface area (Å²) in [5, 5.41) is 9.14. The largest absolute Gasteiger partial charge is 0.508 e. The molecule has 1 amide bonds. The molecule has 0 unspecified atom stereocenters. The van der Waals surface area contributed by atoms with Crippen LogP contribution in [0.1, 0.15) is 5.56 Å². The Morgan fingerprint density at radius 1 is 1.00 bits per heavy atom. The second-order valence-electron chi connectivity index (χ2n) is 3.84. The number of aromatic hydroxyl groups is 1. The second-order valence-corrected chi connectivity index (χ2v) is 3.84. The molecule has 0 spiro atoms. The number of carbonyl (C=O) groups excluding carboxylic acids is 1. The number of ether oxygens (including phenoxy) is 1. The SMILES string of the molecule is [NH]C(=O)Cc1ccc(Oc2ccc(O)cc2)cc1. The van der Waals surface area contributed by atoms with Gasteiger partial charge in [0.05, 0.1) is 6.42 Å². The van der Waals surface area contributed by atoms with Crippen molar-refractivity contribution in [1.82, 2.24) is 5.73 Å². The molecule has 2 rings (SSSR count). The van der Waals surface area contributed by atoms with Crippen LogP contribution in [0.15, 0.2) is 48.5 Å². The average molecular weight is 242 g/mol. The van der Waals surface area contributed by atoms with E-state index in [0.29, 0.717) is 11.5 Å². The van der Waals surface area contributed by atoms with Crippen molar-refractivity contribution in [3.63, 3.8) is 0 Å². The summed E-state index contributed by atoms with van der Waals surface area (Å²) in [5.41, 5.74) is 7.66. The summed E-state index contributed by atoms with van der Waals surface area (Å²) < 4.78 is 5.55. The molecule has 4 heteroatoms. The highest BCUT2D eigenvalue weighted by Gasteiger charge is 2.01. The predicted octanol–water partition coefficient (Wildman–Crippen LogP) is 2.54. The monoisotopic (exact) mass is 242 g/mol. The zero-order chi connectivity index (χ0) is 13.0. The smallest absolute Gasteiger partial charge is 0.242 e. The van der Waals surface area contributed by atoms with Gasteiger partial charge in [0.25, 0.3) is 0 Å². The highest BCUT2D eigenvalue weighted by atomic mass is 16.5. The molecule has 1 radical (unpaired) electrons. The van der Waals surface area contributed by atoms with Gasteiger partial charge in [-0.25, -0.2) is 0 Å². The summed E-state index contributed by atoms with van der Waals surface area (Å²) in [6.07, 6.45) is 0.111. The van der Waals surface area contributed by atoms with Gasteiger partial charge in [-0.2, -0.15) is 0 Å². The Bertz CT molecular complexity index is 532. The number of benzene rings is 2. The van der Waals surface area contributed by atoms with E-state index in [2.05, 4.69) is 0 Å². The number of hydrogen-bond acceptors (Lipinski definition) is 3. The number of phenolic OH excluding ortho intramolecular Hbond substituents is 1. The Labute approximate surface area is 105 Å². The molecule has 0 heterocycles. The maximum atomic E-state index is 10.6. The average Bonchev–Trinajstić information content (AvgIpc) is 2.34. The van der Waals surface area contributed by atoms with Gasteiger partial charge in [0.2, 0.25) is 5.91 Å². The third-order valence-corrected chi connectivity index (χ3v) is 2.36. The summed E-state index contributed by atoms with van der Waals surface area (Å²) in [7, 11) is 0. The lowest BCUT2D eigenvalue weighted by molar-refractivity contribution is -0.118. The van der Waals surface area contributed by atoms with E-state index in [1.807, 2.05) is 0 Å². The predicted molar refractivity (Wildman–Crippen MR) is 66.4 cm³/mol. The van der Waals surface area contributed by atoms with Gasteiger partial charge in [-0.05, 0) is 42.0 Å². The third-order valence-electron chi connectivity index (χ3n) is 2.36. The fourth-order valence-electron chi connectivity index (χ4n) is 1.51. The van der Waals surface area contributed by atoms with E-state index in [-0.39, 0.29) is 12.2 Å². The van der Waals surface area contributed by atoms with Crippen LogP contribution in [-0.4, -0.2) is 11.0 Å². The summed E-state index contributed by atoms with van der Waals surface area (Å²) in [4.78, 5) is 10.6. The lowest BCUT2D eigenvalue weighted by Gasteiger charge is -2.06. The Morgan fingerprint density at radius 3 is 2.00 bits per heavy atom. The van der Waals surface area contributed by atoms with E-state index < -0.39 is 5.91 Å². The molecule has 0 saturated carbocycles. The molecule has 0 saturated heterocycles. The topological polar surface area (TPSA) is 70.3 Å². The van der Waals surface area contributed by atoms with Crippen molar-refractivity contribution in [3.8, 4) is 17.2 Å². The summed E-state index contributed by atoms with van der Waals surface area (Å²) in [6, 6.07) is 13.4. The van der Waals surface area contributed by atoms with Crippen LogP contribution < -0.4 is 10.5 Å². The lowest BCUT2D eigenvalue weighted by Crippen LogP contribution is -2.01. The minimum Gasteiger partial charge on any atom is -0.508 e. The lowest BCUT2D eigenvalue weighted by atomic mass is 10.1. The van der Waals surface area contributed by atoms with Crippen molar-refractivity contribution in [3.05, 3.63) is 54.1 Å². The van der Waals surface area contributed by atoms with Gasteiger partial charge in [-0.3, -0.25) is 10.5 Å². The highest BCUT2D eigenvalue weighted by Crippen LogP contribution is 2.23. The molecule has 18 heavy (non-hydrogen) atoms. The van der Waals surface area contributed by atoms with Crippen LogP contribution in [0.4, 0.5) is 0 Å². The number of carbonyl (C=O) groups is 1. The van der Waals surface area contributed by atoms with Crippen molar-refractivity contribution in [2.45, 2.75) is 6.42 Å². The molecule has 0 bridgehead atoms.